The number of fused-ring (bicyclic) bond motifs is 3. The predicted octanol–water partition coefficient (Wildman–Crippen LogP) is 31.4. The summed E-state index contributed by atoms with van der Waals surface area (Å²) >= 11 is 11.3. The second-order valence-electron chi connectivity index (χ2n) is 28.2. The molecule has 96 heavy (non-hydrogen) atoms. The topological polar surface area (TPSA) is 39.1 Å². The van der Waals surface area contributed by atoms with Crippen LogP contribution in [0.25, 0.3) is 81.7 Å². The Hall–Kier alpha value is -4.22. The summed E-state index contributed by atoms with van der Waals surface area (Å²) in [6, 6.07) is 34.7. The van der Waals surface area contributed by atoms with Crippen molar-refractivity contribution in [1.29, 1.82) is 0 Å². The van der Waals surface area contributed by atoms with Gasteiger partial charge in [0.15, 0.2) is 12.6 Å². The molecule has 7 aromatic heterocycles. The summed E-state index contributed by atoms with van der Waals surface area (Å²) in [5.41, 5.74) is 11.2. The van der Waals surface area contributed by atoms with Gasteiger partial charge in [0.1, 0.15) is 0 Å². The van der Waals surface area contributed by atoms with Crippen LogP contribution in [0.4, 0.5) is 0 Å². The monoisotopic (exact) mass is 1400 g/mol. The second kappa shape index (κ2) is 42.1. The predicted molar refractivity (Wildman–Crippen MR) is 433 cm³/mol. The molecule has 0 saturated heterocycles. The third kappa shape index (κ3) is 21.9. The molecule has 0 saturated carbocycles. The Labute approximate surface area is 605 Å². The number of nitrogens with zero attached hydrogens (tertiary/aromatic N) is 1. The van der Waals surface area contributed by atoms with Gasteiger partial charge in [-0.1, -0.05) is 271 Å². The van der Waals surface area contributed by atoms with Crippen molar-refractivity contribution in [3.05, 3.63) is 117 Å². The molecule has 0 aliphatic heterocycles. The third-order valence-corrected chi connectivity index (χ3v) is 27.9. The van der Waals surface area contributed by atoms with Crippen LogP contribution in [0, 0.1) is 0 Å². The van der Waals surface area contributed by atoms with Crippen LogP contribution in [-0.4, -0.2) is 17.1 Å². The van der Waals surface area contributed by atoms with Crippen molar-refractivity contribution in [3.8, 4) is 59.9 Å². The molecule has 0 amide bonds. The molecule has 0 N–H and O–H groups in total. The molecule has 0 fully saturated rings. The van der Waals surface area contributed by atoms with E-state index in [1.165, 1.54) is 348 Å². The third-order valence-electron chi connectivity index (χ3n) is 20.3. The molecule has 0 aliphatic rings. The number of aldehydes is 2. The number of aromatic nitrogens is 1. The van der Waals surface area contributed by atoms with Gasteiger partial charge in [0, 0.05) is 65.6 Å². The van der Waals surface area contributed by atoms with E-state index in [9.17, 15) is 9.59 Å². The number of rotatable bonds is 51. The largest absolute Gasteiger partial charge is 0.337 e. The number of aryl methyl sites for hydroxylation is 4. The lowest BCUT2D eigenvalue weighted by molar-refractivity contribution is 0.111. The molecule has 9 aromatic rings. The van der Waals surface area contributed by atoms with Crippen LogP contribution in [-0.2, 0) is 25.7 Å². The lowest BCUT2D eigenvalue weighted by Gasteiger charge is -2.22. The Balaban J connectivity index is 1.12. The average molecular weight is 1400 g/mol. The zero-order valence-electron chi connectivity index (χ0n) is 60.2. The van der Waals surface area contributed by atoms with E-state index in [-0.39, 0.29) is 0 Å². The highest BCUT2D eigenvalue weighted by atomic mass is 32.1. The molecule has 520 valence electrons. The molecule has 0 radical (unpaired) electrons. The quantitative estimate of drug-likeness (QED) is 0.0282. The summed E-state index contributed by atoms with van der Waals surface area (Å²) in [6.45, 7) is 13.9. The van der Waals surface area contributed by atoms with E-state index in [4.69, 9.17) is 0 Å². The molecule has 0 atom stereocenters. The summed E-state index contributed by atoms with van der Waals surface area (Å²) in [6.07, 6.45) is 55.4. The molecule has 0 spiro atoms. The second-order valence-corrected chi connectivity index (χ2v) is 34.6. The van der Waals surface area contributed by atoms with Gasteiger partial charge in [-0.15, -0.1) is 68.0 Å². The van der Waals surface area contributed by atoms with Crippen molar-refractivity contribution in [1.82, 2.24) is 4.57 Å². The van der Waals surface area contributed by atoms with Crippen molar-refractivity contribution in [2.24, 2.45) is 0 Å². The van der Waals surface area contributed by atoms with Gasteiger partial charge in [-0.3, -0.25) is 9.59 Å². The number of benzene rings is 2. The normalized spacial score (nSPS) is 11.9. The van der Waals surface area contributed by atoms with Gasteiger partial charge in [-0.05, 0) is 158 Å². The maximum atomic E-state index is 12.3. The van der Waals surface area contributed by atoms with E-state index >= 15 is 0 Å². The van der Waals surface area contributed by atoms with Gasteiger partial charge >= 0.3 is 0 Å². The summed E-state index contributed by atoms with van der Waals surface area (Å²) < 4.78 is 2.89. The van der Waals surface area contributed by atoms with E-state index in [1.807, 2.05) is 45.3 Å². The minimum absolute atomic E-state index is 0.414. The highest BCUT2D eigenvalue weighted by Gasteiger charge is 2.25. The van der Waals surface area contributed by atoms with E-state index in [2.05, 4.69) is 131 Å². The molecule has 0 aliphatic carbocycles. The highest BCUT2D eigenvalue weighted by molar-refractivity contribution is 7.28. The number of unbranched alkanes of at least 4 members (excludes halogenated alkanes) is 30. The SMILES string of the molecule is CCCCCCCCc1cc(C=O)sc1-c1ccc(-c2sc(-c3ccc4c5ccc(-c6cc(CCCCCCCC)c(-c7ccc(-c8sc(C=O)cc8CCCCCCCC)s7)s6)cc5n(C(CCCCCCCC)CCCCCCCC)c4c3)cc2CCCCCCCC)s1. The van der Waals surface area contributed by atoms with E-state index in [1.54, 1.807) is 22.7 Å². The molecular formula is C87H119NO2S6. The molecular weight excluding hydrogens is 1280 g/mol. The standard InChI is InChI=1S/C87H119NO2S6/c1-7-13-19-25-31-37-43-67-57-72(63-89)91-84(67)78-53-55-80(93-78)86-69(45-39-33-27-21-15-9-3)61-82(95-86)65-49-51-74-75-52-50-66(60-77(75)88(76(74)59-65)71(47-41-35-29-23-17-11-5)48-42-36-30-24-18-12-6)83-62-70(46-40-34-28-22-16-10-4)87(96-83)81-56-54-79(94-81)85-68(58-73(64-90)92-85)44-38-32-26-20-14-8-2/h49-64,71H,7-48H2,1-6H3. The van der Waals surface area contributed by atoms with Gasteiger partial charge in [0.2, 0.25) is 0 Å². The summed E-state index contributed by atoms with van der Waals surface area (Å²) in [5.74, 6) is 0. The average Bonchev–Trinajstić information content (AvgIpc) is 1.59. The first-order valence-electron chi connectivity index (χ1n) is 39.0. The zero-order valence-corrected chi connectivity index (χ0v) is 65.1. The Bertz CT molecular complexity index is 3460. The van der Waals surface area contributed by atoms with Gasteiger partial charge < -0.3 is 4.57 Å². The van der Waals surface area contributed by atoms with Crippen LogP contribution in [0.15, 0.2) is 84.9 Å². The van der Waals surface area contributed by atoms with Crippen molar-refractivity contribution in [3.63, 3.8) is 0 Å². The minimum Gasteiger partial charge on any atom is -0.337 e. The summed E-state index contributed by atoms with van der Waals surface area (Å²) in [7, 11) is 0. The summed E-state index contributed by atoms with van der Waals surface area (Å²) in [4.78, 5) is 39.9. The van der Waals surface area contributed by atoms with E-state index in [0.29, 0.717) is 6.04 Å². The highest BCUT2D eigenvalue weighted by Crippen LogP contribution is 2.50. The van der Waals surface area contributed by atoms with Crippen LogP contribution in [0.1, 0.15) is 333 Å². The van der Waals surface area contributed by atoms with E-state index < -0.39 is 0 Å². The van der Waals surface area contributed by atoms with Gasteiger partial charge in [0.05, 0.1) is 20.8 Å². The Morgan fingerprint density at radius 3 is 0.885 bits per heavy atom. The lowest BCUT2D eigenvalue weighted by atomic mass is 9.99. The van der Waals surface area contributed by atoms with Gasteiger partial charge in [0.25, 0.3) is 0 Å². The first-order valence-corrected chi connectivity index (χ1v) is 43.9. The van der Waals surface area contributed by atoms with E-state index in [0.717, 1.165) is 48.0 Å². The molecule has 3 nitrogen and oxygen atoms in total. The Morgan fingerprint density at radius 2 is 0.573 bits per heavy atom. The molecule has 7 heterocycles. The molecule has 0 unspecified atom stereocenters. The molecule has 9 rings (SSSR count). The Morgan fingerprint density at radius 1 is 0.292 bits per heavy atom. The summed E-state index contributed by atoms with van der Waals surface area (Å²) in [5, 5.41) is 2.77. The van der Waals surface area contributed by atoms with Crippen molar-refractivity contribution >= 4 is 102 Å². The van der Waals surface area contributed by atoms with Gasteiger partial charge in [-0.25, -0.2) is 0 Å². The number of thiophene rings is 6. The van der Waals surface area contributed by atoms with Crippen LogP contribution in [0.2, 0.25) is 0 Å². The van der Waals surface area contributed by atoms with Crippen LogP contribution >= 0.6 is 68.0 Å². The molecule has 0 bridgehead atoms. The fourth-order valence-corrected chi connectivity index (χ4v) is 21.8. The fraction of sp³-hybridized carbons (Fsp3) is 0.563. The maximum absolute atomic E-state index is 12.3. The van der Waals surface area contributed by atoms with Crippen LogP contribution in [0.3, 0.4) is 0 Å². The van der Waals surface area contributed by atoms with Gasteiger partial charge in [-0.2, -0.15) is 0 Å². The molecule has 2 aromatic carbocycles. The van der Waals surface area contributed by atoms with Crippen LogP contribution in [0.5, 0.6) is 0 Å². The number of carbonyl (C=O) groups excluding carboxylic acids is 2. The van der Waals surface area contributed by atoms with Crippen molar-refractivity contribution in [2.75, 3.05) is 0 Å². The number of hydrogen-bond acceptors (Lipinski definition) is 8. The minimum atomic E-state index is 0.414. The first kappa shape index (κ1) is 76.0. The zero-order chi connectivity index (χ0) is 67.1. The molecule has 9 heteroatoms. The number of hydrogen-bond donors (Lipinski definition) is 0. The van der Waals surface area contributed by atoms with Crippen molar-refractivity contribution in [2.45, 2.75) is 317 Å². The van der Waals surface area contributed by atoms with Crippen LogP contribution < -0.4 is 0 Å². The maximum Gasteiger partial charge on any atom is 0.160 e. The Kier molecular flexibility index (Phi) is 33.3. The first-order chi connectivity index (χ1) is 47.3. The number of carbonyl (C=O) groups is 2. The lowest BCUT2D eigenvalue weighted by Crippen LogP contribution is -2.09. The van der Waals surface area contributed by atoms with Crippen molar-refractivity contribution < 1.29 is 9.59 Å². The smallest absolute Gasteiger partial charge is 0.160 e. The fourth-order valence-electron chi connectivity index (χ4n) is 14.8.